The zero-order valence-corrected chi connectivity index (χ0v) is 20.5. The molecule has 1 saturated carbocycles. The molecule has 6 rings (SSSR count). The van der Waals surface area contributed by atoms with E-state index in [-0.39, 0.29) is 18.1 Å². The Hall–Kier alpha value is -3.95. The fourth-order valence-corrected chi connectivity index (χ4v) is 6.14. The molecule has 5 atom stereocenters. The average molecular weight is 507 g/mol. The van der Waals surface area contributed by atoms with Gasteiger partial charge in [0.1, 0.15) is 11.9 Å². The first-order valence-corrected chi connectivity index (χ1v) is 11.8. The molecule has 2 N–H and O–H groups in total. The first-order valence-electron chi connectivity index (χ1n) is 11.8. The monoisotopic (exact) mass is 506 g/mol. The first kappa shape index (κ1) is 23.4. The van der Waals surface area contributed by atoms with E-state index in [2.05, 4.69) is 0 Å². The van der Waals surface area contributed by atoms with Crippen LogP contribution in [-0.4, -0.2) is 50.4 Å². The molecule has 3 aliphatic rings. The van der Waals surface area contributed by atoms with Gasteiger partial charge in [0.05, 0.1) is 27.2 Å². The lowest BCUT2D eigenvalue weighted by atomic mass is 9.70. The molecule has 37 heavy (non-hydrogen) atoms. The van der Waals surface area contributed by atoms with Gasteiger partial charge >= 0.3 is 5.97 Å². The molecule has 0 unspecified atom stereocenters. The fourth-order valence-electron chi connectivity index (χ4n) is 6.14. The minimum atomic E-state index is -2.11. The van der Waals surface area contributed by atoms with Crippen LogP contribution in [0.4, 0.5) is 0 Å². The van der Waals surface area contributed by atoms with Crippen molar-refractivity contribution in [3.63, 3.8) is 0 Å². The number of fused-ring (bicyclic) bond motifs is 4. The second kappa shape index (κ2) is 8.29. The van der Waals surface area contributed by atoms with Crippen LogP contribution in [0.2, 0.25) is 0 Å². The summed E-state index contributed by atoms with van der Waals surface area (Å²) in [7, 11) is 4.22. The van der Waals surface area contributed by atoms with E-state index in [4.69, 9.17) is 28.4 Å². The van der Waals surface area contributed by atoms with Crippen LogP contribution in [0.1, 0.15) is 22.6 Å². The lowest BCUT2D eigenvalue weighted by molar-refractivity contribution is -0.161. The highest BCUT2D eigenvalue weighted by atomic mass is 16.7. The molecule has 2 heterocycles. The highest BCUT2D eigenvalue weighted by Crippen LogP contribution is 2.70. The van der Waals surface area contributed by atoms with Gasteiger partial charge in [-0.3, -0.25) is 4.79 Å². The van der Waals surface area contributed by atoms with E-state index in [1.165, 1.54) is 21.3 Å². The quantitative estimate of drug-likeness (QED) is 0.505. The summed E-state index contributed by atoms with van der Waals surface area (Å²) in [6.45, 7) is 0.0533. The molecule has 3 aromatic carbocycles. The number of rotatable bonds is 5. The van der Waals surface area contributed by atoms with Gasteiger partial charge in [0.15, 0.2) is 34.2 Å². The van der Waals surface area contributed by atoms with Crippen molar-refractivity contribution >= 4 is 5.97 Å². The van der Waals surface area contributed by atoms with Crippen molar-refractivity contribution in [2.24, 2.45) is 5.92 Å². The third-order valence-electron chi connectivity index (χ3n) is 7.72. The molecular formula is C28H26O9. The van der Waals surface area contributed by atoms with Crippen molar-refractivity contribution in [3.05, 3.63) is 77.4 Å². The van der Waals surface area contributed by atoms with E-state index < -0.39 is 35.1 Å². The Morgan fingerprint density at radius 1 is 0.973 bits per heavy atom. The molecule has 192 valence electrons. The second-order valence-corrected chi connectivity index (χ2v) is 9.26. The van der Waals surface area contributed by atoms with Crippen LogP contribution in [0.15, 0.2) is 60.7 Å². The molecule has 0 saturated heterocycles. The molecule has 0 aromatic heterocycles. The number of benzene rings is 3. The summed E-state index contributed by atoms with van der Waals surface area (Å²) >= 11 is 0. The number of aliphatic hydroxyl groups is 2. The molecule has 1 fully saturated rings. The predicted octanol–water partition coefficient (Wildman–Crippen LogP) is 2.86. The number of aliphatic hydroxyl groups excluding tert-OH is 1. The number of esters is 1. The van der Waals surface area contributed by atoms with Crippen molar-refractivity contribution < 1.29 is 43.4 Å². The van der Waals surface area contributed by atoms with Crippen LogP contribution in [-0.2, 0) is 20.7 Å². The highest BCUT2D eigenvalue weighted by molar-refractivity contribution is 5.78. The van der Waals surface area contributed by atoms with Crippen LogP contribution in [0.25, 0.3) is 0 Å². The normalized spacial score (nSPS) is 28.7. The second-order valence-electron chi connectivity index (χ2n) is 9.26. The average Bonchev–Trinajstić information content (AvgIpc) is 3.56. The van der Waals surface area contributed by atoms with Crippen molar-refractivity contribution in [3.8, 4) is 28.7 Å². The zero-order chi connectivity index (χ0) is 25.9. The van der Waals surface area contributed by atoms with Crippen LogP contribution in [0, 0.1) is 5.92 Å². The number of hydrogen-bond acceptors (Lipinski definition) is 9. The first-order chi connectivity index (χ1) is 17.9. The van der Waals surface area contributed by atoms with E-state index in [1.807, 2.05) is 30.3 Å². The summed E-state index contributed by atoms with van der Waals surface area (Å²) in [5.41, 5.74) is -2.41. The van der Waals surface area contributed by atoms with E-state index >= 15 is 0 Å². The van der Waals surface area contributed by atoms with Gasteiger partial charge in [-0.05, 0) is 23.8 Å². The Balaban J connectivity index is 1.71. The molecule has 9 heteroatoms. The molecule has 9 nitrogen and oxygen atoms in total. The Morgan fingerprint density at radius 3 is 2.43 bits per heavy atom. The smallest absolute Gasteiger partial charge is 0.312 e. The van der Waals surface area contributed by atoms with Gasteiger partial charge in [-0.1, -0.05) is 36.4 Å². The third-order valence-corrected chi connectivity index (χ3v) is 7.72. The van der Waals surface area contributed by atoms with Gasteiger partial charge in [0.25, 0.3) is 0 Å². The van der Waals surface area contributed by atoms with Crippen molar-refractivity contribution in [1.29, 1.82) is 0 Å². The summed E-state index contributed by atoms with van der Waals surface area (Å²) in [6, 6.07) is 17.6. The number of carbonyl (C=O) groups excluding carboxylic acids is 1. The van der Waals surface area contributed by atoms with E-state index in [1.54, 1.807) is 30.3 Å². The molecule has 0 bridgehead atoms. The summed E-state index contributed by atoms with van der Waals surface area (Å²) < 4.78 is 34.1. The largest absolute Gasteiger partial charge is 0.497 e. The van der Waals surface area contributed by atoms with E-state index in [9.17, 15) is 15.0 Å². The Bertz CT molecular complexity index is 1370. The molecule has 3 aromatic rings. The van der Waals surface area contributed by atoms with E-state index in [0.29, 0.717) is 34.1 Å². The van der Waals surface area contributed by atoms with Gasteiger partial charge < -0.3 is 38.6 Å². The maximum absolute atomic E-state index is 13.3. The Labute approximate surface area is 213 Å². The summed E-state index contributed by atoms with van der Waals surface area (Å²) in [6.07, 6.45) is -1.62. The third kappa shape index (κ3) is 2.95. The molecular weight excluding hydrogens is 480 g/mol. The zero-order valence-electron chi connectivity index (χ0n) is 20.5. The van der Waals surface area contributed by atoms with Crippen molar-refractivity contribution in [2.75, 3.05) is 28.1 Å². The summed E-state index contributed by atoms with van der Waals surface area (Å²) in [5, 5.41) is 24.6. The molecule has 0 radical (unpaired) electrons. The van der Waals surface area contributed by atoms with Crippen molar-refractivity contribution in [1.82, 2.24) is 0 Å². The number of ether oxygens (including phenoxy) is 6. The summed E-state index contributed by atoms with van der Waals surface area (Å²) in [4.78, 5) is 13.3. The number of hydrogen-bond donors (Lipinski definition) is 2. The molecule has 0 amide bonds. The maximum atomic E-state index is 13.3. The van der Waals surface area contributed by atoms with Gasteiger partial charge in [-0.25, -0.2) is 0 Å². The van der Waals surface area contributed by atoms with Crippen LogP contribution in [0.3, 0.4) is 0 Å². The van der Waals surface area contributed by atoms with Gasteiger partial charge in [0.2, 0.25) is 6.79 Å². The Kier molecular flexibility index (Phi) is 5.25. The number of methoxy groups -OCH3 is 3. The van der Waals surface area contributed by atoms with Crippen molar-refractivity contribution in [2.45, 2.75) is 23.2 Å². The van der Waals surface area contributed by atoms with Gasteiger partial charge in [-0.2, -0.15) is 0 Å². The molecule has 0 spiro atoms. The van der Waals surface area contributed by atoms with Gasteiger partial charge in [-0.15, -0.1) is 0 Å². The topological polar surface area (TPSA) is 113 Å². The lowest BCUT2D eigenvalue weighted by Gasteiger charge is -2.40. The maximum Gasteiger partial charge on any atom is 0.312 e. The molecule has 1 aliphatic carbocycles. The summed E-state index contributed by atoms with van der Waals surface area (Å²) in [5.74, 6) is -0.780. The fraction of sp³-hybridized carbons (Fsp3) is 0.321. The van der Waals surface area contributed by atoms with E-state index in [0.717, 1.165) is 0 Å². The van der Waals surface area contributed by atoms with Gasteiger partial charge in [0, 0.05) is 23.1 Å². The highest BCUT2D eigenvalue weighted by Gasteiger charge is 2.78. The minimum absolute atomic E-state index is 0.0533. The predicted molar refractivity (Wildman–Crippen MR) is 129 cm³/mol. The SMILES string of the molecule is COC(=O)[C@H]1[C@@H](O)[C@@]2(O)c3cc(OC)cc(OC)c3O[C@@]2(c2ccc3c(c2)OCO3)[C@@H]1c1ccccc1. The standard InChI is InChI=1S/C28H26O9/c1-32-17-12-18-24(21(13-17)33-2)37-28(16-9-10-19-20(11-16)36-14-35-19)23(15-7-5-4-6-8-15)22(26(30)34-3)25(29)27(18,28)31/h4-13,22-23,25,29,31H,14H2,1-3H3/t22-,23-,25-,27+,28+/m1/s1. The minimum Gasteiger partial charge on any atom is -0.497 e. The van der Waals surface area contributed by atoms with Crippen LogP contribution < -0.4 is 23.7 Å². The lowest BCUT2D eigenvalue weighted by Crippen LogP contribution is -2.52. The van der Waals surface area contributed by atoms with Crippen LogP contribution in [0.5, 0.6) is 28.7 Å². The van der Waals surface area contributed by atoms with Crippen LogP contribution >= 0.6 is 0 Å². The number of carbonyl (C=O) groups is 1. The Morgan fingerprint density at radius 2 is 1.73 bits per heavy atom. The molecule has 2 aliphatic heterocycles.